The third kappa shape index (κ3) is 0.997. The van der Waals surface area contributed by atoms with Gasteiger partial charge in [0.05, 0.1) is 5.71 Å². The fourth-order valence-corrected chi connectivity index (χ4v) is 4.38. The first-order valence-corrected chi connectivity index (χ1v) is 5.50. The van der Waals surface area contributed by atoms with Crippen molar-refractivity contribution in [3.05, 3.63) is 0 Å². The van der Waals surface area contributed by atoms with Crippen molar-refractivity contribution in [3.63, 3.8) is 0 Å². The molecule has 3 heteroatoms. The summed E-state index contributed by atoms with van der Waals surface area (Å²) >= 11 is 4.79. The number of oxime groups is 1. The summed E-state index contributed by atoms with van der Waals surface area (Å²) in [6.07, 6.45) is 5.11. The third-order valence-electron chi connectivity index (χ3n) is 4.02. The van der Waals surface area contributed by atoms with E-state index in [1.807, 2.05) is 0 Å². The van der Waals surface area contributed by atoms with Crippen molar-refractivity contribution in [2.75, 3.05) is 7.11 Å². The zero-order valence-electron chi connectivity index (χ0n) is 7.86. The maximum atomic E-state index is 4.92. The SMILES string of the molecule is CO/N=C1/C2CC3CC(S)(C2)CC13. The van der Waals surface area contributed by atoms with Gasteiger partial charge in [-0.05, 0) is 31.6 Å². The Hall–Kier alpha value is -0.180. The molecule has 4 bridgehead atoms. The molecule has 0 saturated heterocycles. The highest BCUT2D eigenvalue weighted by Gasteiger charge is 2.58. The van der Waals surface area contributed by atoms with Crippen molar-refractivity contribution in [1.82, 2.24) is 0 Å². The summed E-state index contributed by atoms with van der Waals surface area (Å²) in [7, 11) is 1.65. The lowest BCUT2D eigenvalue weighted by Gasteiger charge is -2.34. The molecule has 0 aromatic heterocycles. The average Bonchev–Trinajstić information content (AvgIpc) is 2.42. The Balaban J connectivity index is 1.96. The van der Waals surface area contributed by atoms with Gasteiger partial charge in [0.2, 0.25) is 0 Å². The van der Waals surface area contributed by atoms with Crippen molar-refractivity contribution in [3.8, 4) is 0 Å². The second-order valence-electron chi connectivity index (χ2n) is 4.83. The highest BCUT2D eigenvalue weighted by Crippen LogP contribution is 2.61. The van der Waals surface area contributed by atoms with Gasteiger partial charge in [-0.3, -0.25) is 0 Å². The van der Waals surface area contributed by atoms with E-state index in [9.17, 15) is 0 Å². The molecule has 13 heavy (non-hydrogen) atoms. The van der Waals surface area contributed by atoms with E-state index in [4.69, 9.17) is 17.5 Å². The van der Waals surface area contributed by atoms with E-state index < -0.39 is 0 Å². The minimum atomic E-state index is 0.352. The molecule has 0 aromatic carbocycles. The Morgan fingerprint density at radius 1 is 1.46 bits per heavy atom. The summed E-state index contributed by atoms with van der Waals surface area (Å²) in [5, 5.41) is 4.20. The molecular weight excluding hydrogens is 182 g/mol. The zero-order chi connectivity index (χ0) is 9.05. The van der Waals surface area contributed by atoms with Gasteiger partial charge in [0.25, 0.3) is 0 Å². The van der Waals surface area contributed by atoms with Crippen LogP contribution in [0.25, 0.3) is 0 Å². The molecule has 0 heterocycles. The molecule has 4 aliphatic carbocycles. The van der Waals surface area contributed by atoms with Crippen molar-refractivity contribution in [2.45, 2.75) is 30.4 Å². The van der Waals surface area contributed by atoms with Gasteiger partial charge in [0.15, 0.2) is 0 Å². The van der Waals surface area contributed by atoms with Crippen LogP contribution in [0.3, 0.4) is 0 Å². The van der Waals surface area contributed by atoms with E-state index in [0.717, 1.165) is 5.92 Å². The van der Waals surface area contributed by atoms with Crippen LogP contribution in [0.5, 0.6) is 0 Å². The van der Waals surface area contributed by atoms with E-state index in [-0.39, 0.29) is 0 Å². The van der Waals surface area contributed by atoms with Crippen molar-refractivity contribution in [2.24, 2.45) is 22.9 Å². The Morgan fingerprint density at radius 3 is 3.00 bits per heavy atom. The average molecular weight is 197 g/mol. The molecule has 4 atom stereocenters. The molecule has 2 nitrogen and oxygen atoms in total. The predicted octanol–water partition coefficient (Wildman–Crippen LogP) is 2.11. The lowest BCUT2D eigenvalue weighted by atomic mass is 9.80. The van der Waals surface area contributed by atoms with Crippen LogP contribution in [0, 0.1) is 17.8 Å². The highest BCUT2D eigenvalue weighted by molar-refractivity contribution is 7.81. The molecule has 4 aliphatic rings. The van der Waals surface area contributed by atoms with Crippen LogP contribution >= 0.6 is 12.6 Å². The largest absolute Gasteiger partial charge is 0.399 e. The Morgan fingerprint density at radius 2 is 2.31 bits per heavy atom. The first-order valence-electron chi connectivity index (χ1n) is 5.05. The summed E-state index contributed by atoms with van der Waals surface area (Å²) in [5.41, 5.74) is 1.34. The second-order valence-corrected chi connectivity index (χ2v) is 5.78. The topological polar surface area (TPSA) is 21.6 Å². The fraction of sp³-hybridized carbons (Fsp3) is 0.900. The van der Waals surface area contributed by atoms with Crippen LogP contribution in [0.2, 0.25) is 0 Å². The summed E-state index contributed by atoms with van der Waals surface area (Å²) in [6, 6.07) is 0. The minimum absolute atomic E-state index is 0.352. The summed E-state index contributed by atoms with van der Waals surface area (Å²) < 4.78 is 0.352. The van der Waals surface area contributed by atoms with Gasteiger partial charge < -0.3 is 4.84 Å². The fourth-order valence-electron chi connectivity index (χ4n) is 3.73. The third-order valence-corrected chi connectivity index (χ3v) is 4.57. The monoisotopic (exact) mass is 197 g/mol. The van der Waals surface area contributed by atoms with Crippen LogP contribution in [0.4, 0.5) is 0 Å². The number of thiol groups is 1. The van der Waals surface area contributed by atoms with Gasteiger partial charge in [-0.15, -0.1) is 0 Å². The predicted molar refractivity (Wildman–Crippen MR) is 55.1 cm³/mol. The number of hydrogen-bond acceptors (Lipinski definition) is 3. The normalized spacial score (nSPS) is 54.9. The number of nitrogens with zero attached hydrogens (tertiary/aromatic N) is 1. The highest BCUT2D eigenvalue weighted by atomic mass is 32.1. The lowest BCUT2D eigenvalue weighted by Crippen LogP contribution is -2.33. The first-order chi connectivity index (χ1) is 6.22. The van der Waals surface area contributed by atoms with Gasteiger partial charge in [-0.1, -0.05) is 5.16 Å². The van der Waals surface area contributed by atoms with E-state index in [2.05, 4.69) is 5.16 Å². The van der Waals surface area contributed by atoms with Crippen molar-refractivity contribution < 1.29 is 4.84 Å². The minimum Gasteiger partial charge on any atom is -0.399 e. The van der Waals surface area contributed by atoms with Crippen LogP contribution in [-0.2, 0) is 4.84 Å². The molecule has 4 rings (SSSR count). The number of rotatable bonds is 1. The zero-order valence-corrected chi connectivity index (χ0v) is 8.76. The van der Waals surface area contributed by atoms with Crippen LogP contribution in [0.1, 0.15) is 25.7 Å². The van der Waals surface area contributed by atoms with E-state index in [1.54, 1.807) is 7.11 Å². The molecule has 0 aromatic rings. The molecule has 0 aliphatic heterocycles. The van der Waals surface area contributed by atoms with Gasteiger partial charge in [0.1, 0.15) is 7.11 Å². The molecular formula is C10H15NOS. The maximum absolute atomic E-state index is 4.92. The van der Waals surface area contributed by atoms with E-state index in [1.165, 1.54) is 31.4 Å². The van der Waals surface area contributed by atoms with Crippen molar-refractivity contribution >= 4 is 18.3 Å². The second kappa shape index (κ2) is 2.44. The quantitative estimate of drug-likeness (QED) is 0.504. The van der Waals surface area contributed by atoms with Gasteiger partial charge in [-0.2, -0.15) is 12.6 Å². The molecule has 0 amide bonds. The number of hydrogen-bond donors (Lipinski definition) is 1. The van der Waals surface area contributed by atoms with E-state index in [0.29, 0.717) is 16.6 Å². The van der Waals surface area contributed by atoms with Gasteiger partial charge in [0, 0.05) is 16.6 Å². The standard InChI is InChI=1S/C10H15NOS/c1-12-11-9-7-2-6-3-10(13,4-7)5-8(6)9/h6-8,13H,2-5H2,1H3/b11-9-. The summed E-state index contributed by atoms with van der Waals surface area (Å²) in [4.78, 5) is 4.92. The summed E-state index contributed by atoms with van der Waals surface area (Å²) in [5.74, 6) is 2.26. The van der Waals surface area contributed by atoms with Crippen LogP contribution in [0.15, 0.2) is 5.16 Å². The van der Waals surface area contributed by atoms with Gasteiger partial charge in [-0.25, -0.2) is 0 Å². The molecule has 4 unspecified atom stereocenters. The lowest BCUT2D eigenvalue weighted by molar-refractivity contribution is 0.207. The smallest absolute Gasteiger partial charge is 0.106 e. The summed E-state index contributed by atoms with van der Waals surface area (Å²) in [6.45, 7) is 0. The Labute approximate surface area is 84.1 Å². The van der Waals surface area contributed by atoms with E-state index >= 15 is 0 Å². The molecule has 4 fully saturated rings. The van der Waals surface area contributed by atoms with Crippen molar-refractivity contribution in [1.29, 1.82) is 0 Å². The Kier molecular flexibility index (Phi) is 1.53. The van der Waals surface area contributed by atoms with Gasteiger partial charge >= 0.3 is 0 Å². The Bertz CT molecular complexity index is 274. The molecule has 0 N–H and O–H groups in total. The molecule has 4 saturated carbocycles. The molecule has 72 valence electrons. The van der Waals surface area contributed by atoms with Crippen LogP contribution in [-0.4, -0.2) is 17.6 Å². The molecule has 0 radical (unpaired) electrons. The van der Waals surface area contributed by atoms with Crippen LogP contribution < -0.4 is 0 Å². The maximum Gasteiger partial charge on any atom is 0.106 e. The molecule has 0 spiro atoms. The first kappa shape index (κ1) is 8.16.